The highest BCUT2D eigenvalue weighted by Gasteiger charge is 2.24. The molecule has 3 N–H and O–H groups in total. The molecule has 1 aromatic heterocycles. The van der Waals surface area contributed by atoms with Gasteiger partial charge < -0.3 is 15.4 Å². The Kier molecular flexibility index (Phi) is 3.88. The van der Waals surface area contributed by atoms with E-state index < -0.39 is 5.60 Å². The molecule has 0 aliphatic carbocycles. The van der Waals surface area contributed by atoms with Gasteiger partial charge in [0.1, 0.15) is 11.4 Å². The molecule has 5 heteroatoms. The summed E-state index contributed by atoms with van der Waals surface area (Å²) in [6.07, 6.45) is 1.77. The van der Waals surface area contributed by atoms with Crippen LogP contribution in [0.5, 0.6) is 0 Å². The standard InChI is InChI=1S/C18H17FN2O2/c1-18(23,13-5-7-14(19)8-6-13)11-21-17(22)15-4-2-3-12-9-10-20-16(12)15/h2-10,20,23H,11H2,1H3,(H,21,22). The molecule has 0 aliphatic rings. The number of hydrogen-bond acceptors (Lipinski definition) is 2. The summed E-state index contributed by atoms with van der Waals surface area (Å²) >= 11 is 0. The lowest BCUT2D eigenvalue weighted by atomic mass is 9.96. The fraction of sp³-hybridized carbons (Fsp3) is 0.167. The van der Waals surface area contributed by atoms with Gasteiger partial charge in [-0.2, -0.15) is 0 Å². The van der Waals surface area contributed by atoms with Crippen LogP contribution in [0.1, 0.15) is 22.8 Å². The van der Waals surface area contributed by atoms with Crippen LogP contribution in [0.2, 0.25) is 0 Å². The van der Waals surface area contributed by atoms with Crippen LogP contribution in [0.4, 0.5) is 4.39 Å². The van der Waals surface area contributed by atoms with Crippen LogP contribution in [-0.4, -0.2) is 22.5 Å². The molecule has 4 nitrogen and oxygen atoms in total. The van der Waals surface area contributed by atoms with Gasteiger partial charge in [0, 0.05) is 11.6 Å². The van der Waals surface area contributed by atoms with E-state index in [0.29, 0.717) is 11.1 Å². The van der Waals surface area contributed by atoms with E-state index in [0.717, 1.165) is 10.9 Å². The first-order valence-corrected chi connectivity index (χ1v) is 7.30. The molecule has 23 heavy (non-hydrogen) atoms. The summed E-state index contributed by atoms with van der Waals surface area (Å²) in [6, 6.07) is 12.9. The second-order valence-electron chi connectivity index (χ2n) is 5.71. The maximum Gasteiger partial charge on any atom is 0.253 e. The zero-order valence-electron chi connectivity index (χ0n) is 12.6. The number of halogens is 1. The summed E-state index contributed by atoms with van der Waals surface area (Å²) in [5.74, 6) is -0.646. The lowest BCUT2D eigenvalue weighted by Gasteiger charge is -2.24. The number of nitrogens with one attached hydrogen (secondary N) is 2. The highest BCUT2D eigenvalue weighted by atomic mass is 19.1. The number of carbonyl (C=O) groups excluding carboxylic acids is 1. The number of amides is 1. The van der Waals surface area contributed by atoms with Gasteiger partial charge in [-0.05, 0) is 36.8 Å². The second kappa shape index (κ2) is 5.85. The quantitative estimate of drug-likeness (QED) is 0.693. The minimum Gasteiger partial charge on any atom is -0.384 e. The van der Waals surface area contributed by atoms with Crippen molar-refractivity contribution in [3.05, 3.63) is 71.7 Å². The van der Waals surface area contributed by atoms with Crippen LogP contribution in [-0.2, 0) is 5.60 Å². The van der Waals surface area contributed by atoms with Crippen LogP contribution in [0.25, 0.3) is 10.9 Å². The predicted octanol–water partition coefficient (Wildman–Crippen LogP) is 2.94. The van der Waals surface area contributed by atoms with Crippen LogP contribution in [0.3, 0.4) is 0 Å². The third-order valence-electron chi connectivity index (χ3n) is 3.89. The molecule has 1 heterocycles. The Morgan fingerprint density at radius 2 is 1.96 bits per heavy atom. The van der Waals surface area contributed by atoms with Crippen molar-refractivity contribution in [1.29, 1.82) is 0 Å². The largest absolute Gasteiger partial charge is 0.384 e. The van der Waals surface area contributed by atoms with Gasteiger partial charge >= 0.3 is 0 Å². The molecule has 0 fully saturated rings. The Morgan fingerprint density at radius 3 is 2.70 bits per heavy atom. The van der Waals surface area contributed by atoms with Crippen molar-refractivity contribution in [3.63, 3.8) is 0 Å². The summed E-state index contributed by atoms with van der Waals surface area (Å²) < 4.78 is 13.0. The van der Waals surface area contributed by atoms with Crippen LogP contribution >= 0.6 is 0 Å². The first kappa shape index (κ1) is 15.2. The molecular weight excluding hydrogens is 295 g/mol. The molecule has 118 valence electrons. The summed E-state index contributed by atoms with van der Waals surface area (Å²) in [6.45, 7) is 1.60. The van der Waals surface area contributed by atoms with Crippen LogP contribution < -0.4 is 5.32 Å². The van der Waals surface area contributed by atoms with E-state index in [-0.39, 0.29) is 18.3 Å². The highest BCUT2D eigenvalue weighted by Crippen LogP contribution is 2.21. The van der Waals surface area contributed by atoms with Crippen molar-refractivity contribution < 1.29 is 14.3 Å². The van der Waals surface area contributed by atoms with E-state index in [1.54, 1.807) is 19.2 Å². The van der Waals surface area contributed by atoms with Crippen molar-refractivity contribution in [2.45, 2.75) is 12.5 Å². The molecule has 0 saturated heterocycles. The van der Waals surface area contributed by atoms with Gasteiger partial charge in [0.2, 0.25) is 0 Å². The summed E-state index contributed by atoms with van der Waals surface area (Å²) in [5, 5.41) is 14.2. The molecule has 3 rings (SSSR count). The van der Waals surface area contributed by atoms with Gasteiger partial charge in [0.25, 0.3) is 5.91 Å². The number of benzene rings is 2. The normalized spacial score (nSPS) is 13.7. The van der Waals surface area contributed by atoms with E-state index in [9.17, 15) is 14.3 Å². The lowest BCUT2D eigenvalue weighted by Crippen LogP contribution is -2.38. The maximum atomic E-state index is 13.0. The zero-order valence-corrected chi connectivity index (χ0v) is 12.6. The molecule has 1 atom stereocenters. The van der Waals surface area contributed by atoms with E-state index in [4.69, 9.17) is 0 Å². The Balaban J connectivity index is 1.75. The Bertz CT molecular complexity index is 838. The number of carbonyl (C=O) groups is 1. The second-order valence-corrected chi connectivity index (χ2v) is 5.71. The topological polar surface area (TPSA) is 65.1 Å². The third kappa shape index (κ3) is 3.10. The van der Waals surface area contributed by atoms with E-state index in [2.05, 4.69) is 10.3 Å². The number of para-hydroxylation sites is 1. The van der Waals surface area contributed by atoms with Crippen LogP contribution in [0, 0.1) is 5.82 Å². The van der Waals surface area contributed by atoms with Gasteiger partial charge in [-0.1, -0.05) is 24.3 Å². The minimum absolute atomic E-state index is 0.0224. The van der Waals surface area contributed by atoms with Gasteiger partial charge in [0.15, 0.2) is 0 Å². The number of H-pyrrole nitrogens is 1. The fourth-order valence-electron chi connectivity index (χ4n) is 2.53. The van der Waals surface area contributed by atoms with E-state index >= 15 is 0 Å². The molecule has 3 aromatic rings. The number of hydrogen-bond donors (Lipinski definition) is 3. The number of aliphatic hydroxyl groups is 1. The average molecular weight is 312 g/mol. The molecule has 1 unspecified atom stereocenters. The van der Waals surface area contributed by atoms with Crippen molar-refractivity contribution >= 4 is 16.8 Å². The van der Waals surface area contributed by atoms with Crippen molar-refractivity contribution in [2.24, 2.45) is 0 Å². The number of fused-ring (bicyclic) bond motifs is 1. The monoisotopic (exact) mass is 312 g/mol. The Hall–Kier alpha value is -2.66. The van der Waals surface area contributed by atoms with E-state index in [1.807, 2.05) is 18.2 Å². The van der Waals surface area contributed by atoms with Gasteiger partial charge in [0.05, 0.1) is 17.6 Å². The first-order valence-electron chi connectivity index (χ1n) is 7.30. The molecule has 2 aromatic carbocycles. The van der Waals surface area contributed by atoms with Crippen molar-refractivity contribution in [1.82, 2.24) is 10.3 Å². The van der Waals surface area contributed by atoms with Crippen molar-refractivity contribution in [2.75, 3.05) is 6.54 Å². The average Bonchev–Trinajstić information content (AvgIpc) is 3.01. The molecule has 0 spiro atoms. The lowest BCUT2D eigenvalue weighted by molar-refractivity contribution is 0.0526. The SMILES string of the molecule is CC(O)(CNC(=O)c1cccc2cc[nH]c12)c1ccc(F)cc1. The zero-order chi connectivity index (χ0) is 16.4. The highest BCUT2D eigenvalue weighted by molar-refractivity contribution is 6.05. The predicted molar refractivity (Wildman–Crippen MR) is 86.6 cm³/mol. The third-order valence-corrected chi connectivity index (χ3v) is 3.89. The molecule has 0 aliphatic heterocycles. The minimum atomic E-state index is -1.28. The van der Waals surface area contributed by atoms with Gasteiger partial charge in [-0.15, -0.1) is 0 Å². The Labute approximate surface area is 133 Å². The summed E-state index contributed by atoms with van der Waals surface area (Å²) in [5.41, 5.74) is 0.526. The molecule has 1 amide bonds. The maximum absolute atomic E-state index is 13.0. The summed E-state index contributed by atoms with van der Waals surface area (Å²) in [4.78, 5) is 15.4. The molecule has 0 bridgehead atoms. The molecule has 0 saturated carbocycles. The van der Waals surface area contributed by atoms with Gasteiger partial charge in [-0.25, -0.2) is 4.39 Å². The molecule has 0 radical (unpaired) electrons. The first-order chi connectivity index (χ1) is 11.0. The van der Waals surface area contributed by atoms with E-state index in [1.165, 1.54) is 24.3 Å². The van der Waals surface area contributed by atoms with Crippen molar-refractivity contribution in [3.8, 4) is 0 Å². The molecular formula is C18H17FN2O2. The van der Waals surface area contributed by atoms with Crippen LogP contribution in [0.15, 0.2) is 54.7 Å². The van der Waals surface area contributed by atoms with Gasteiger partial charge in [-0.3, -0.25) is 4.79 Å². The Morgan fingerprint density at radius 1 is 1.22 bits per heavy atom. The number of rotatable bonds is 4. The number of aromatic amines is 1. The fourth-order valence-corrected chi connectivity index (χ4v) is 2.53. The summed E-state index contributed by atoms with van der Waals surface area (Å²) in [7, 11) is 0. The number of aromatic nitrogens is 1. The smallest absolute Gasteiger partial charge is 0.253 e.